The maximum Gasteiger partial charge on any atom is 0.0342 e. The lowest BCUT2D eigenvalue weighted by molar-refractivity contribution is 0.326. The molecular formula is C12H21I. The van der Waals surface area contributed by atoms with Crippen LogP contribution in [0.4, 0.5) is 0 Å². The maximum absolute atomic E-state index is 2.59. The van der Waals surface area contributed by atoms with Crippen LogP contribution in [0.15, 0.2) is 11.6 Å². The standard InChI is InChI=1S/C12H21I/c1-5-8(2)11-6-9(3)12(13)10(4)7-11/h6,8,10-12H,5,7H2,1-4H3. The Morgan fingerprint density at radius 1 is 1.62 bits per heavy atom. The van der Waals surface area contributed by atoms with Crippen molar-refractivity contribution in [1.29, 1.82) is 0 Å². The molecule has 0 bridgehead atoms. The van der Waals surface area contributed by atoms with Crippen molar-refractivity contribution < 1.29 is 0 Å². The molecule has 0 N–H and O–H groups in total. The highest BCUT2D eigenvalue weighted by Crippen LogP contribution is 2.37. The SMILES string of the molecule is CCC(C)C1C=C(C)C(I)C(C)C1. The Bertz CT molecular complexity index is 195. The van der Waals surface area contributed by atoms with Crippen LogP contribution in [-0.2, 0) is 0 Å². The first-order valence-electron chi connectivity index (χ1n) is 5.38. The van der Waals surface area contributed by atoms with Crippen LogP contribution >= 0.6 is 22.6 Å². The van der Waals surface area contributed by atoms with Crippen molar-refractivity contribution in [3.8, 4) is 0 Å². The molecule has 13 heavy (non-hydrogen) atoms. The molecule has 0 fully saturated rings. The van der Waals surface area contributed by atoms with E-state index in [-0.39, 0.29) is 0 Å². The Hall–Kier alpha value is 0.470. The second-order valence-corrected chi connectivity index (χ2v) is 5.92. The molecule has 0 amide bonds. The van der Waals surface area contributed by atoms with Gasteiger partial charge in [-0.2, -0.15) is 0 Å². The summed E-state index contributed by atoms with van der Waals surface area (Å²) < 4.78 is 0.776. The Balaban J connectivity index is 2.71. The molecule has 1 heteroatoms. The molecule has 0 saturated heterocycles. The van der Waals surface area contributed by atoms with Gasteiger partial charge in [-0.1, -0.05) is 61.4 Å². The fourth-order valence-corrected chi connectivity index (χ4v) is 2.70. The molecule has 4 atom stereocenters. The Labute approximate surface area is 96.3 Å². The van der Waals surface area contributed by atoms with Crippen LogP contribution in [0, 0.1) is 17.8 Å². The monoisotopic (exact) mass is 292 g/mol. The van der Waals surface area contributed by atoms with E-state index in [1.165, 1.54) is 12.8 Å². The molecule has 1 aliphatic carbocycles. The maximum atomic E-state index is 2.59. The summed E-state index contributed by atoms with van der Waals surface area (Å²) in [6, 6.07) is 0. The third-order valence-electron chi connectivity index (χ3n) is 3.43. The van der Waals surface area contributed by atoms with Crippen molar-refractivity contribution in [3.63, 3.8) is 0 Å². The molecule has 76 valence electrons. The molecule has 0 nitrogen and oxygen atoms in total. The summed E-state index contributed by atoms with van der Waals surface area (Å²) >= 11 is 2.59. The van der Waals surface area contributed by atoms with Crippen LogP contribution < -0.4 is 0 Å². The first-order valence-corrected chi connectivity index (χ1v) is 6.63. The molecule has 0 heterocycles. The van der Waals surface area contributed by atoms with Gasteiger partial charge in [-0.15, -0.1) is 0 Å². The van der Waals surface area contributed by atoms with E-state index >= 15 is 0 Å². The largest absolute Gasteiger partial charge is 0.0812 e. The minimum Gasteiger partial charge on any atom is -0.0812 e. The molecule has 0 saturated carbocycles. The summed E-state index contributed by atoms with van der Waals surface area (Å²) in [6.07, 6.45) is 5.22. The Morgan fingerprint density at radius 3 is 2.69 bits per heavy atom. The van der Waals surface area contributed by atoms with Crippen molar-refractivity contribution in [2.24, 2.45) is 17.8 Å². The van der Waals surface area contributed by atoms with Crippen LogP contribution in [0.1, 0.15) is 40.5 Å². The summed E-state index contributed by atoms with van der Waals surface area (Å²) in [6.45, 7) is 9.37. The zero-order chi connectivity index (χ0) is 10.0. The van der Waals surface area contributed by atoms with Gasteiger partial charge in [-0.3, -0.25) is 0 Å². The van der Waals surface area contributed by atoms with Gasteiger partial charge < -0.3 is 0 Å². The molecule has 1 rings (SSSR count). The zero-order valence-electron chi connectivity index (χ0n) is 9.18. The number of halogens is 1. The second kappa shape index (κ2) is 4.81. The van der Waals surface area contributed by atoms with E-state index in [1.54, 1.807) is 5.57 Å². The summed E-state index contributed by atoms with van der Waals surface area (Å²) in [5.74, 6) is 2.57. The van der Waals surface area contributed by atoms with Crippen LogP contribution in [0.3, 0.4) is 0 Å². The smallest absolute Gasteiger partial charge is 0.0342 e. The summed E-state index contributed by atoms with van der Waals surface area (Å²) in [4.78, 5) is 0. The Kier molecular flexibility index (Phi) is 4.27. The highest BCUT2D eigenvalue weighted by atomic mass is 127. The lowest BCUT2D eigenvalue weighted by Crippen LogP contribution is -2.24. The predicted octanol–water partition coefficient (Wildman–Crippen LogP) is 4.44. The van der Waals surface area contributed by atoms with Crippen LogP contribution in [0.25, 0.3) is 0 Å². The lowest BCUT2D eigenvalue weighted by Gasteiger charge is -2.32. The Morgan fingerprint density at radius 2 is 2.23 bits per heavy atom. The van der Waals surface area contributed by atoms with Crippen LogP contribution in [0.5, 0.6) is 0 Å². The molecule has 1 aliphatic rings. The fraction of sp³-hybridized carbons (Fsp3) is 0.833. The zero-order valence-corrected chi connectivity index (χ0v) is 11.3. The van der Waals surface area contributed by atoms with E-state index in [1.807, 2.05) is 0 Å². The van der Waals surface area contributed by atoms with Gasteiger partial charge in [-0.05, 0) is 31.1 Å². The fourth-order valence-electron chi connectivity index (χ4n) is 2.19. The predicted molar refractivity (Wildman–Crippen MR) is 68.3 cm³/mol. The number of allylic oxidation sites excluding steroid dienone is 2. The van der Waals surface area contributed by atoms with Crippen molar-refractivity contribution in [1.82, 2.24) is 0 Å². The van der Waals surface area contributed by atoms with Crippen molar-refractivity contribution >= 4 is 22.6 Å². The number of rotatable bonds is 2. The highest BCUT2D eigenvalue weighted by molar-refractivity contribution is 14.1. The minimum atomic E-state index is 0.776. The van der Waals surface area contributed by atoms with Crippen LogP contribution in [-0.4, -0.2) is 3.92 Å². The summed E-state index contributed by atoms with van der Waals surface area (Å²) in [7, 11) is 0. The van der Waals surface area contributed by atoms with Gasteiger partial charge in [0, 0.05) is 3.92 Å². The van der Waals surface area contributed by atoms with E-state index in [0.29, 0.717) is 0 Å². The van der Waals surface area contributed by atoms with E-state index in [0.717, 1.165) is 21.7 Å². The van der Waals surface area contributed by atoms with Crippen LogP contribution in [0.2, 0.25) is 0 Å². The molecule has 0 aromatic heterocycles. The first-order chi connectivity index (χ1) is 6.06. The summed E-state index contributed by atoms with van der Waals surface area (Å²) in [5, 5.41) is 0. The molecule has 0 radical (unpaired) electrons. The van der Waals surface area contributed by atoms with Gasteiger partial charge in [0.2, 0.25) is 0 Å². The number of hydrogen-bond donors (Lipinski definition) is 0. The van der Waals surface area contributed by atoms with E-state index in [9.17, 15) is 0 Å². The molecule has 0 aromatic rings. The molecule has 4 unspecified atom stereocenters. The topological polar surface area (TPSA) is 0 Å². The third kappa shape index (κ3) is 2.71. The number of hydrogen-bond acceptors (Lipinski definition) is 0. The van der Waals surface area contributed by atoms with Gasteiger partial charge >= 0.3 is 0 Å². The average molecular weight is 292 g/mol. The van der Waals surface area contributed by atoms with Gasteiger partial charge in [0.1, 0.15) is 0 Å². The second-order valence-electron chi connectivity index (χ2n) is 4.57. The first kappa shape index (κ1) is 11.5. The van der Waals surface area contributed by atoms with Gasteiger partial charge in [-0.25, -0.2) is 0 Å². The molecule has 0 spiro atoms. The van der Waals surface area contributed by atoms with E-state index in [2.05, 4.69) is 56.4 Å². The van der Waals surface area contributed by atoms with E-state index in [4.69, 9.17) is 0 Å². The van der Waals surface area contributed by atoms with Crippen molar-refractivity contribution in [2.45, 2.75) is 44.5 Å². The lowest BCUT2D eigenvalue weighted by atomic mass is 9.77. The quantitative estimate of drug-likeness (QED) is 0.401. The van der Waals surface area contributed by atoms with Crippen molar-refractivity contribution in [3.05, 3.63) is 11.6 Å². The molecular weight excluding hydrogens is 271 g/mol. The minimum absolute atomic E-state index is 0.776. The third-order valence-corrected chi connectivity index (χ3v) is 5.64. The van der Waals surface area contributed by atoms with Gasteiger partial charge in [0.05, 0.1) is 0 Å². The average Bonchev–Trinajstić information content (AvgIpc) is 2.12. The highest BCUT2D eigenvalue weighted by Gasteiger charge is 2.27. The van der Waals surface area contributed by atoms with Crippen molar-refractivity contribution in [2.75, 3.05) is 0 Å². The molecule has 0 aliphatic heterocycles. The van der Waals surface area contributed by atoms with E-state index < -0.39 is 0 Å². The number of alkyl halides is 1. The van der Waals surface area contributed by atoms with Gasteiger partial charge in [0.15, 0.2) is 0 Å². The summed E-state index contributed by atoms with van der Waals surface area (Å²) in [5.41, 5.74) is 1.60. The normalized spacial score (nSPS) is 37.0. The molecule has 0 aromatic carbocycles. The van der Waals surface area contributed by atoms with Gasteiger partial charge in [0.25, 0.3) is 0 Å².